The van der Waals surface area contributed by atoms with Crippen molar-refractivity contribution in [3.05, 3.63) is 66.7 Å². The third-order valence-corrected chi connectivity index (χ3v) is 5.43. The van der Waals surface area contributed by atoms with Gasteiger partial charge in [-0.05, 0) is 40.1 Å². The minimum atomic E-state index is -3.13. The lowest BCUT2D eigenvalue weighted by Crippen LogP contribution is -2.03. The summed E-state index contributed by atoms with van der Waals surface area (Å²) in [5.74, 6) is 0.127. The molecule has 0 heterocycles. The zero-order valence-electron chi connectivity index (χ0n) is 11.8. The van der Waals surface area contributed by atoms with Crippen molar-refractivity contribution < 1.29 is 8.42 Å². The Kier molecular flexibility index (Phi) is 3.52. The van der Waals surface area contributed by atoms with Crippen LogP contribution in [0.4, 0.5) is 0 Å². The van der Waals surface area contributed by atoms with E-state index in [0.29, 0.717) is 4.90 Å². The highest BCUT2D eigenvalue weighted by Crippen LogP contribution is 2.25. The van der Waals surface area contributed by atoms with E-state index >= 15 is 0 Å². The van der Waals surface area contributed by atoms with E-state index in [1.807, 2.05) is 24.3 Å². The maximum absolute atomic E-state index is 11.8. The van der Waals surface area contributed by atoms with Gasteiger partial charge in [0.05, 0.1) is 10.6 Å². The molecular weight excluding hydrogens is 280 g/mol. The summed E-state index contributed by atoms with van der Waals surface area (Å²) in [5.41, 5.74) is 2.12. The highest BCUT2D eigenvalue weighted by atomic mass is 32.2. The molecule has 0 bridgehead atoms. The summed E-state index contributed by atoms with van der Waals surface area (Å²) in [5, 5.41) is 2.38. The molecule has 21 heavy (non-hydrogen) atoms. The molecule has 3 aromatic carbocycles. The zero-order chi connectivity index (χ0) is 14.9. The molecule has 0 radical (unpaired) electrons. The van der Waals surface area contributed by atoms with Crippen LogP contribution >= 0.6 is 0 Å². The van der Waals surface area contributed by atoms with Crippen LogP contribution in [-0.2, 0) is 9.84 Å². The largest absolute Gasteiger partial charge is 0.224 e. The third-order valence-electron chi connectivity index (χ3n) is 3.68. The molecule has 0 fully saturated rings. The lowest BCUT2D eigenvalue weighted by Gasteiger charge is -2.06. The first kappa shape index (κ1) is 13.8. The molecule has 2 nitrogen and oxygen atoms in total. The number of benzene rings is 3. The molecule has 0 aliphatic carbocycles. The summed E-state index contributed by atoms with van der Waals surface area (Å²) in [6.07, 6.45) is 0. The van der Waals surface area contributed by atoms with Crippen LogP contribution in [0.1, 0.15) is 6.92 Å². The van der Waals surface area contributed by atoms with Crippen molar-refractivity contribution in [2.45, 2.75) is 11.8 Å². The third kappa shape index (κ3) is 2.69. The van der Waals surface area contributed by atoms with Crippen LogP contribution in [0.2, 0.25) is 0 Å². The van der Waals surface area contributed by atoms with Gasteiger partial charge in [-0.25, -0.2) is 8.42 Å². The van der Waals surface area contributed by atoms with Gasteiger partial charge in [0.15, 0.2) is 9.84 Å². The fourth-order valence-electron chi connectivity index (χ4n) is 2.39. The number of fused-ring (bicyclic) bond motifs is 1. The molecule has 0 atom stereocenters. The van der Waals surface area contributed by atoms with Crippen LogP contribution < -0.4 is 0 Å². The normalized spacial score (nSPS) is 11.7. The first-order chi connectivity index (χ1) is 10.1. The van der Waals surface area contributed by atoms with E-state index < -0.39 is 9.84 Å². The molecule has 0 unspecified atom stereocenters. The topological polar surface area (TPSA) is 34.1 Å². The molecule has 0 N–H and O–H groups in total. The van der Waals surface area contributed by atoms with Gasteiger partial charge in [0, 0.05) is 0 Å². The van der Waals surface area contributed by atoms with Gasteiger partial charge in [-0.1, -0.05) is 55.5 Å². The molecule has 0 aliphatic heterocycles. The van der Waals surface area contributed by atoms with Crippen LogP contribution in [0.3, 0.4) is 0 Å². The second-order valence-electron chi connectivity index (χ2n) is 4.99. The Labute approximate surface area is 125 Å². The highest BCUT2D eigenvalue weighted by Gasteiger charge is 2.11. The SMILES string of the molecule is CCS(=O)(=O)c1ccc(-c2ccc3ccccc3c2)cc1. The summed E-state index contributed by atoms with van der Waals surface area (Å²) < 4.78 is 23.6. The first-order valence-electron chi connectivity index (χ1n) is 6.92. The summed E-state index contributed by atoms with van der Waals surface area (Å²) >= 11 is 0. The predicted octanol–water partition coefficient (Wildman–Crippen LogP) is 4.30. The van der Waals surface area contributed by atoms with Gasteiger partial charge in [-0.15, -0.1) is 0 Å². The van der Waals surface area contributed by atoms with Crippen LogP contribution in [0.15, 0.2) is 71.6 Å². The Morgan fingerprint density at radius 1 is 0.762 bits per heavy atom. The Hall–Kier alpha value is -2.13. The Bertz CT molecular complexity index is 878. The molecule has 106 valence electrons. The summed E-state index contributed by atoms with van der Waals surface area (Å²) in [6.45, 7) is 1.66. The molecular formula is C18H16O2S. The molecule has 3 heteroatoms. The van der Waals surface area contributed by atoms with E-state index in [0.717, 1.165) is 11.1 Å². The highest BCUT2D eigenvalue weighted by molar-refractivity contribution is 7.91. The summed E-state index contributed by atoms with van der Waals surface area (Å²) in [4.78, 5) is 0.384. The smallest absolute Gasteiger partial charge is 0.178 e. The zero-order valence-corrected chi connectivity index (χ0v) is 12.6. The van der Waals surface area contributed by atoms with Gasteiger partial charge in [-0.3, -0.25) is 0 Å². The fraction of sp³-hybridized carbons (Fsp3) is 0.111. The average Bonchev–Trinajstić information content (AvgIpc) is 2.54. The summed E-state index contributed by atoms with van der Waals surface area (Å²) in [7, 11) is -3.13. The lowest BCUT2D eigenvalue weighted by atomic mass is 10.0. The first-order valence-corrected chi connectivity index (χ1v) is 8.57. The van der Waals surface area contributed by atoms with Gasteiger partial charge in [0.2, 0.25) is 0 Å². The van der Waals surface area contributed by atoms with Gasteiger partial charge < -0.3 is 0 Å². The predicted molar refractivity (Wildman–Crippen MR) is 87.1 cm³/mol. The van der Waals surface area contributed by atoms with E-state index in [2.05, 4.69) is 30.3 Å². The van der Waals surface area contributed by atoms with E-state index in [-0.39, 0.29) is 5.75 Å². The van der Waals surface area contributed by atoms with Crippen LogP contribution in [0, 0.1) is 0 Å². The fourth-order valence-corrected chi connectivity index (χ4v) is 3.27. The number of hydrogen-bond donors (Lipinski definition) is 0. The van der Waals surface area contributed by atoms with Gasteiger partial charge >= 0.3 is 0 Å². The van der Waals surface area contributed by atoms with E-state index in [1.54, 1.807) is 19.1 Å². The maximum Gasteiger partial charge on any atom is 0.178 e. The molecule has 3 rings (SSSR count). The molecule has 0 amide bonds. The van der Waals surface area contributed by atoms with Crippen LogP contribution in [0.5, 0.6) is 0 Å². The van der Waals surface area contributed by atoms with Crippen molar-refractivity contribution in [2.75, 3.05) is 5.75 Å². The second-order valence-corrected chi connectivity index (χ2v) is 7.27. The monoisotopic (exact) mass is 296 g/mol. The molecule has 0 aromatic heterocycles. The van der Waals surface area contributed by atoms with Crippen molar-refractivity contribution >= 4 is 20.6 Å². The van der Waals surface area contributed by atoms with Crippen LogP contribution in [0.25, 0.3) is 21.9 Å². The Morgan fingerprint density at radius 2 is 1.38 bits per heavy atom. The Morgan fingerprint density at radius 3 is 2.05 bits per heavy atom. The van der Waals surface area contributed by atoms with Crippen LogP contribution in [-0.4, -0.2) is 14.2 Å². The van der Waals surface area contributed by atoms with E-state index in [9.17, 15) is 8.42 Å². The lowest BCUT2D eigenvalue weighted by molar-refractivity contribution is 0.597. The number of sulfone groups is 1. The van der Waals surface area contributed by atoms with Gasteiger partial charge in [-0.2, -0.15) is 0 Å². The van der Waals surface area contributed by atoms with Gasteiger partial charge in [0.25, 0.3) is 0 Å². The number of rotatable bonds is 3. The minimum absolute atomic E-state index is 0.127. The van der Waals surface area contributed by atoms with Crippen molar-refractivity contribution in [1.29, 1.82) is 0 Å². The van der Waals surface area contributed by atoms with E-state index in [4.69, 9.17) is 0 Å². The van der Waals surface area contributed by atoms with Crippen molar-refractivity contribution in [1.82, 2.24) is 0 Å². The minimum Gasteiger partial charge on any atom is -0.224 e. The molecule has 3 aromatic rings. The molecule has 0 saturated carbocycles. The maximum atomic E-state index is 11.8. The van der Waals surface area contributed by atoms with E-state index in [1.165, 1.54) is 10.8 Å². The average molecular weight is 296 g/mol. The number of hydrogen-bond acceptors (Lipinski definition) is 2. The Balaban J connectivity index is 2.03. The molecule has 0 saturated heterocycles. The quantitative estimate of drug-likeness (QED) is 0.722. The van der Waals surface area contributed by atoms with Crippen molar-refractivity contribution in [3.8, 4) is 11.1 Å². The molecule has 0 aliphatic rings. The molecule has 0 spiro atoms. The van der Waals surface area contributed by atoms with Crippen molar-refractivity contribution in [2.24, 2.45) is 0 Å². The standard InChI is InChI=1S/C18H16O2S/c1-2-21(19,20)18-11-9-15(10-12-18)17-8-7-14-5-3-4-6-16(14)13-17/h3-13H,2H2,1H3. The second kappa shape index (κ2) is 5.34. The summed E-state index contributed by atoms with van der Waals surface area (Å²) in [6, 6.07) is 21.6. The van der Waals surface area contributed by atoms with Gasteiger partial charge in [0.1, 0.15) is 0 Å². The van der Waals surface area contributed by atoms with Crippen molar-refractivity contribution in [3.63, 3.8) is 0 Å².